The molecule has 0 unspecified atom stereocenters. The molecule has 15 heavy (non-hydrogen) atoms. The molecule has 1 heterocycles. The minimum Gasteiger partial charge on any atom is -0.382 e. The molecule has 0 radical (unpaired) electrons. The quantitative estimate of drug-likeness (QED) is 0.777. The highest BCUT2D eigenvalue weighted by atomic mass is 16.5. The van der Waals surface area contributed by atoms with E-state index in [-0.39, 0.29) is 5.60 Å². The highest BCUT2D eigenvalue weighted by molar-refractivity contribution is 5.60. The van der Waals surface area contributed by atoms with Crippen LogP contribution in [0.5, 0.6) is 0 Å². The predicted molar refractivity (Wildman–Crippen MR) is 62.8 cm³/mol. The first-order chi connectivity index (χ1) is 7.05. The Morgan fingerprint density at radius 2 is 2.27 bits per heavy atom. The van der Waals surface area contributed by atoms with Crippen LogP contribution in [-0.2, 0) is 4.74 Å². The molecule has 0 atom stereocenters. The number of nitrogens with zero attached hydrogens (tertiary/aromatic N) is 1. The van der Waals surface area contributed by atoms with Crippen LogP contribution in [0.15, 0.2) is 18.3 Å². The average molecular weight is 209 g/mol. The molecule has 0 aromatic carbocycles. The zero-order valence-corrected chi connectivity index (χ0v) is 9.58. The molecular weight excluding hydrogens is 190 g/mol. The summed E-state index contributed by atoms with van der Waals surface area (Å²) in [6.07, 6.45) is 1.67. The van der Waals surface area contributed by atoms with Crippen molar-refractivity contribution in [2.24, 2.45) is 0 Å². The number of aromatic nitrogens is 1. The molecule has 0 aliphatic heterocycles. The number of nitrogens with one attached hydrogen (secondary N) is 1. The van der Waals surface area contributed by atoms with Gasteiger partial charge in [-0.2, -0.15) is 0 Å². The Hall–Kier alpha value is -1.29. The van der Waals surface area contributed by atoms with Crippen molar-refractivity contribution < 1.29 is 4.74 Å². The SMILES string of the molecule is CCOC(C)(C)CNc1cccnc1N. The summed E-state index contributed by atoms with van der Waals surface area (Å²) in [5, 5.41) is 3.23. The molecule has 0 spiro atoms. The number of nitrogens with two attached hydrogens (primary N) is 1. The minimum absolute atomic E-state index is 0.197. The molecule has 1 rings (SSSR count). The fourth-order valence-electron chi connectivity index (χ4n) is 1.32. The van der Waals surface area contributed by atoms with Gasteiger partial charge in [0.25, 0.3) is 0 Å². The maximum absolute atomic E-state index is 5.71. The minimum atomic E-state index is -0.197. The second-order valence-electron chi connectivity index (χ2n) is 3.98. The second-order valence-corrected chi connectivity index (χ2v) is 3.98. The Balaban J connectivity index is 2.53. The molecule has 4 nitrogen and oxygen atoms in total. The smallest absolute Gasteiger partial charge is 0.146 e. The van der Waals surface area contributed by atoms with Gasteiger partial charge in [0.15, 0.2) is 0 Å². The third kappa shape index (κ3) is 3.75. The number of hydrogen-bond acceptors (Lipinski definition) is 4. The highest BCUT2D eigenvalue weighted by Gasteiger charge is 2.17. The number of nitrogen functional groups attached to an aromatic ring is 1. The van der Waals surface area contributed by atoms with Crippen molar-refractivity contribution in [1.82, 2.24) is 4.98 Å². The summed E-state index contributed by atoms with van der Waals surface area (Å²) in [6.45, 7) is 7.47. The van der Waals surface area contributed by atoms with Crippen LogP contribution in [-0.4, -0.2) is 23.7 Å². The first-order valence-corrected chi connectivity index (χ1v) is 5.13. The third-order valence-electron chi connectivity index (χ3n) is 2.08. The molecule has 0 amide bonds. The zero-order chi connectivity index (χ0) is 11.3. The average Bonchev–Trinajstić information content (AvgIpc) is 2.16. The molecule has 0 saturated carbocycles. The van der Waals surface area contributed by atoms with Crippen molar-refractivity contribution in [3.05, 3.63) is 18.3 Å². The highest BCUT2D eigenvalue weighted by Crippen LogP contribution is 2.16. The fraction of sp³-hybridized carbons (Fsp3) is 0.545. The molecule has 0 aliphatic carbocycles. The topological polar surface area (TPSA) is 60.2 Å². The summed E-state index contributed by atoms with van der Waals surface area (Å²) >= 11 is 0. The van der Waals surface area contributed by atoms with Crippen molar-refractivity contribution in [2.45, 2.75) is 26.4 Å². The van der Waals surface area contributed by atoms with E-state index in [4.69, 9.17) is 10.5 Å². The van der Waals surface area contributed by atoms with Crippen molar-refractivity contribution in [1.29, 1.82) is 0 Å². The lowest BCUT2D eigenvalue weighted by atomic mass is 10.1. The molecule has 1 aromatic heterocycles. The molecular formula is C11H19N3O. The van der Waals surface area contributed by atoms with Crippen LogP contribution >= 0.6 is 0 Å². The van der Waals surface area contributed by atoms with E-state index in [2.05, 4.69) is 10.3 Å². The third-order valence-corrected chi connectivity index (χ3v) is 2.08. The molecule has 1 aromatic rings. The summed E-state index contributed by atoms with van der Waals surface area (Å²) in [7, 11) is 0. The second kappa shape index (κ2) is 4.98. The van der Waals surface area contributed by atoms with Gasteiger partial charge in [-0.1, -0.05) is 0 Å². The van der Waals surface area contributed by atoms with Gasteiger partial charge >= 0.3 is 0 Å². The van der Waals surface area contributed by atoms with E-state index in [0.717, 1.165) is 5.69 Å². The maximum atomic E-state index is 5.71. The van der Waals surface area contributed by atoms with Crippen LogP contribution in [0.4, 0.5) is 11.5 Å². The van der Waals surface area contributed by atoms with Gasteiger partial charge in [0.1, 0.15) is 5.82 Å². The van der Waals surface area contributed by atoms with E-state index in [9.17, 15) is 0 Å². The van der Waals surface area contributed by atoms with Crippen LogP contribution in [0.25, 0.3) is 0 Å². The number of anilines is 2. The van der Waals surface area contributed by atoms with E-state index in [1.54, 1.807) is 6.20 Å². The lowest BCUT2D eigenvalue weighted by Crippen LogP contribution is -2.33. The number of hydrogen-bond donors (Lipinski definition) is 2. The molecule has 0 fully saturated rings. The Kier molecular flexibility index (Phi) is 3.91. The van der Waals surface area contributed by atoms with Crippen LogP contribution in [0, 0.1) is 0 Å². The van der Waals surface area contributed by atoms with Crippen LogP contribution in [0.3, 0.4) is 0 Å². The lowest BCUT2D eigenvalue weighted by molar-refractivity contribution is 0.000708. The van der Waals surface area contributed by atoms with Gasteiger partial charge in [-0.05, 0) is 32.9 Å². The summed E-state index contributed by atoms with van der Waals surface area (Å²) in [6, 6.07) is 3.76. The van der Waals surface area contributed by atoms with Gasteiger partial charge in [0.2, 0.25) is 0 Å². The zero-order valence-electron chi connectivity index (χ0n) is 9.58. The van der Waals surface area contributed by atoms with Crippen molar-refractivity contribution >= 4 is 11.5 Å². The normalized spacial score (nSPS) is 11.4. The van der Waals surface area contributed by atoms with Gasteiger partial charge < -0.3 is 15.8 Å². The number of rotatable bonds is 5. The molecule has 0 saturated heterocycles. The molecule has 84 valence electrons. The van der Waals surface area contributed by atoms with Crippen LogP contribution in [0.1, 0.15) is 20.8 Å². The maximum Gasteiger partial charge on any atom is 0.146 e. The van der Waals surface area contributed by atoms with Crippen molar-refractivity contribution in [3.63, 3.8) is 0 Å². The van der Waals surface area contributed by atoms with Gasteiger partial charge in [0.05, 0.1) is 11.3 Å². The van der Waals surface area contributed by atoms with Gasteiger partial charge in [-0.15, -0.1) is 0 Å². The lowest BCUT2D eigenvalue weighted by Gasteiger charge is -2.25. The summed E-state index contributed by atoms with van der Waals surface area (Å²) < 4.78 is 5.57. The first kappa shape index (κ1) is 11.8. The summed E-state index contributed by atoms with van der Waals surface area (Å²) in [5.41, 5.74) is 6.36. The van der Waals surface area contributed by atoms with E-state index in [0.29, 0.717) is 19.0 Å². The Bertz CT molecular complexity index is 312. The van der Waals surface area contributed by atoms with Crippen LogP contribution in [0.2, 0.25) is 0 Å². The Labute approximate surface area is 90.8 Å². The number of ether oxygens (including phenoxy) is 1. The molecule has 4 heteroatoms. The fourth-order valence-corrected chi connectivity index (χ4v) is 1.32. The number of pyridine rings is 1. The monoisotopic (exact) mass is 209 g/mol. The van der Waals surface area contributed by atoms with Crippen molar-refractivity contribution in [3.8, 4) is 0 Å². The van der Waals surface area contributed by atoms with Crippen molar-refractivity contribution in [2.75, 3.05) is 24.2 Å². The van der Waals surface area contributed by atoms with E-state index in [1.807, 2.05) is 32.9 Å². The van der Waals surface area contributed by atoms with E-state index in [1.165, 1.54) is 0 Å². The van der Waals surface area contributed by atoms with E-state index >= 15 is 0 Å². The van der Waals surface area contributed by atoms with Gasteiger partial charge in [0, 0.05) is 19.3 Å². The Morgan fingerprint density at radius 1 is 1.53 bits per heavy atom. The predicted octanol–water partition coefficient (Wildman–Crippen LogP) is 1.89. The van der Waals surface area contributed by atoms with Crippen LogP contribution < -0.4 is 11.1 Å². The summed E-state index contributed by atoms with van der Waals surface area (Å²) in [5.74, 6) is 0.518. The Morgan fingerprint density at radius 3 is 2.87 bits per heavy atom. The van der Waals surface area contributed by atoms with Gasteiger partial charge in [-0.3, -0.25) is 0 Å². The first-order valence-electron chi connectivity index (χ1n) is 5.13. The molecule has 0 aliphatic rings. The molecule has 3 N–H and O–H groups in total. The van der Waals surface area contributed by atoms with Gasteiger partial charge in [-0.25, -0.2) is 4.98 Å². The summed E-state index contributed by atoms with van der Waals surface area (Å²) in [4.78, 5) is 4.00. The van der Waals surface area contributed by atoms with E-state index < -0.39 is 0 Å². The largest absolute Gasteiger partial charge is 0.382 e. The molecule has 0 bridgehead atoms. The standard InChI is InChI=1S/C11H19N3O/c1-4-15-11(2,3)8-14-9-6-5-7-13-10(9)12/h5-7,14H,4,8H2,1-3H3,(H2,12,13).